The van der Waals surface area contributed by atoms with Gasteiger partial charge in [0.1, 0.15) is 11.6 Å². The summed E-state index contributed by atoms with van der Waals surface area (Å²) in [7, 11) is 0. The molecule has 1 aromatic rings. The van der Waals surface area contributed by atoms with Crippen LogP contribution in [-0.4, -0.2) is 11.9 Å². The first-order valence-electron chi connectivity index (χ1n) is 6.17. The number of carbonyl (C=O) groups excluding carboxylic acids is 1. The molecule has 0 spiro atoms. The van der Waals surface area contributed by atoms with E-state index in [0.717, 1.165) is 23.3 Å². The number of nitriles is 1. The van der Waals surface area contributed by atoms with E-state index in [-0.39, 0.29) is 17.5 Å². The minimum atomic E-state index is -0.239. The van der Waals surface area contributed by atoms with Crippen molar-refractivity contribution in [2.45, 2.75) is 38.6 Å². The van der Waals surface area contributed by atoms with Crippen molar-refractivity contribution in [3.63, 3.8) is 0 Å². The van der Waals surface area contributed by atoms with Crippen molar-refractivity contribution in [1.82, 2.24) is 5.32 Å². The maximum absolute atomic E-state index is 12.0. The van der Waals surface area contributed by atoms with E-state index in [9.17, 15) is 4.79 Å². The number of aryl methyl sites for hydroxylation is 1. The van der Waals surface area contributed by atoms with E-state index in [4.69, 9.17) is 5.26 Å². The first kappa shape index (κ1) is 12.8. The fourth-order valence-electron chi connectivity index (χ4n) is 2.15. The van der Waals surface area contributed by atoms with Gasteiger partial charge in [-0.1, -0.05) is 12.8 Å². The SMILES string of the molecule is Cc1ccsc1/C=C(\C#N)C(=O)NC1CCCC1. The molecule has 1 aliphatic rings. The van der Waals surface area contributed by atoms with Gasteiger partial charge in [-0.2, -0.15) is 5.26 Å². The fourth-order valence-corrected chi connectivity index (χ4v) is 3.00. The number of thiophene rings is 1. The Morgan fingerprint density at radius 1 is 1.56 bits per heavy atom. The van der Waals surface area contributed by atoms with Gasteiger partial charge in [-0.3, -0.25) is 4.79 Å². The van der Waals surface area contributed by atoms with Gasteiger partial charge in [0, 0.05) is 10.9 Å². The molecule has 1 aromatic heterocycles. The van der Waals surface area contributed by atoms with Gasteiger partial charge in [-0.05, 0) is 42.9 Å². The minimum absolute atomic E-state index is 0.201. The monoisotopic (exact) mass is 260 g/mol. The van der Waals surface area contributed by atoms with Crippen molar-refractivity contribution in [2.24, 2.45) is 0 Å². The van der Waals surface area contributed by atoms with Gasteiger partial charge in [-0.15, -0.1) is 11.3 Å². The number of carbonyl (C=O) groups is 1. The number of hydrogen-bond donors (Lipinski definition) is 1. The Bertz CT molecular complexity index is 504. The third-order valence-corrected chi connectivity index (χ3v) is 4.20. The van der Waals surface area contributed by atoms with E-state index >= 15 is 0 Å². The average Bonchev–Trinajstić information content (AvgIpc) is 2.98. The highest BCUT2D eigenvalue weighted by atomic mass is 32.1. The second-order valence-corrected chi connectivity index (χ2v) is 5.54. The Morgan fingerprint density at radius 3 is 2.83 bits per heavy atom. The van der Waals surface area contributed by atoms with Crippen LogP contribution in [0, 0.1) is 18.3 Å². The molecule has 1 amide bonds. The van der Waals surface area contributed by atoms with Crippen LogP contribution in [0.1, 0.15) is 36.1 Å². The van der Waals surface area contributed by atoms with Gasteiger partial charge in [-0.25, -0.2) is 0 Å². The Labute approximate surface area is 111 Å². The van der Waals surface area contributed by atoms with Crippen LogP contribution in [0.15, 0.2) is 17.0 Å². The molecule has 18 heavy (non-hydrogen) atoms. The van der Waals surface area contributed by atoms with Crippen molar-refractivity contribution in [3.05, 3.63) is 27.5 Å². The summed E-state index contributed by atoms with van der Waals surface area (Å²) in [6, 6.07) is 4.23. The molecular weight excluding hydrogens is 244 g/mol. The normalized spacial score (nSPS) is 16.6. The summed E-state index contributed by atoms with van der Waals surface area (Å²) in [6.07, 6.45) is 6.08. The van der Waals surface area contributed by atoms with Crippen molar-refractivity contribution in [1.29, 1.82) is 5.26 Å². The smallest absolute Gasteiger partial charge is 0.262 e. The van der Waals surface area contributed by atoms with E-state index < -0.39 is 0 Å². The van der Waals surface area contributed by atoms with Gasteiger partial charge in [0.25, 0.3) is 5.91 Å². The molecule has 1 heterocycles. The summed E-state index contributed by atoms with van der Waals surface area (Å²) >= 11 is 1.55. The summed E-state index contributed by atoms with van der Waals surface area (Å²) < 4.78 is 0. The van der Waals surface area contributed by atoms with E-state index in [1.165, 1.54) is 12.8 Å². The van der Waals surface area contributed by atoms with Gasteiger partial charge >= 0.3 is 0 Å². The van der Waals surface area contributed by atoms with Crippen LogP contribution in [0.25, 0.3) is 6.08 Å². The zero-order valence-corrected chi connectivity index (χ0v) is 11.2. The molecule has 4 heteroatoms. The predicted octanol–water partition coefficient (Wildman–Crippen LogP) is 3.02. The maximum Gasteiger partial charge on any atom is 0.262 e. The molecule has 0 atom stereocenters. The second kappa shape index (κ2) is 5.83. The van der Waals surface area contributed by atoms with Crippen LogP contribution in [0.2, 0.25) is 0 Å². The minimum Gasteiger partial charge on any atom is -0.349 e. The molecule has 2 rings (SSSR count). The van der Waals surface area contributed by atoms with Crippen molar-refractivity contribution in [3.8, 4) is 6.07 Å². The van der Waals surface area contributed by atoms with Gasteiger partial charge < -0.3 is 5.32 Å². The molecule has 1 aliphatic carbocycles. The van der Waals surface area contributed by atoms with E-state index in [2.05, 4.69) is 5.32 Å². The highest BCUT2D eigenvalue weighted by Gasteiger charge is 2.19. The Morgan fingerprint density at radius 2 is 2.28 bits per heavy atom. The molecule has 0 aliphatic heterocycles. The third kappa shape index (κ3) is 2.99. The Balaban J connectivity index is 2.08. The number of hydrogen-bond acceptors (Lipinski definition) is 3. The summed E-state index contributed by atoms with van der Waals surface area (Å²) in [6.45, 7) is 1.98. The quantitative estimate of drug-likeness (QED) is 0.671. The summed E-state index contributed by atoms with van der Waals surface area (Å²) in [4.78, 5) is 13.0. The molecular formula is C14H16N2OS. The number of amides is 1. The molecule has 0 unspecified atom stereocenters. The topological polar surface area (TPSA) is 52.9 Å². The van der Waals surface area contributed by atoms with E-state index in [1.807, 2.05) is 24.4 Å². The van der Waals surface area contributed by atoms with Crippen LogP contribution < -0.4 is 5.32 Å². The van der Waals surface area contributed by atoms with Gasteiger partial charge in [0.2, 0.25) is 0 Å². The van der Waals surface area contributed by atoms with E-state index in [0.29, 0.717) is 0 Å². The Hall–Kier alpha value is -1.60. The summed E-state index contributed by atoms with van der Waals surface area (Å²) in [5.41, 5.74) is 1.30. The lowest BCUT2D eigenvalue weighted by molar-refractivity contribution is -0.117. The molecule has 1 N–H and O–H groups in total. The van der Waals surface area contributed by atoms with Crippen LogP contribution in [0.4, 0.5) is 0 Å². The lowest BCUT2D eigenvalue weighted by Gasteiger charge is -2.10. The number of nitrogens with one attached hydrogen (secondary N) is 1. The third-order valence-electron chi connectivity index (χ3n) is 3.23. The zero-order chi connectivity index (χ0) is 13.0. The van der Waals surface area contributed by atoms with E-state index in [1.54, 1.807) is 17.4 Å². The van der Waals surface area contributed by atoms with Gasteiger partial charge in [0.15, 0.2) is 0 Å². The molecule has 1 saturated carbocycles. The standard InChI is InChI=1S/C14H16N2OS/c1-10-6-7-18-13(10)8-11(9-15)14(17)16-12-4-2-3-5-12/h6-8,12H,2-5H2,1H3,(H,16,17)/b11-8+. The highest BCUT2D eigenvalue weighted by molar-refractivity contribution is 7.11. The van der Waals surface area contributed by atoms with Crippen LogP contribution in [-0.2, 0) is 4.79 Å². The van der Waals surface area contributed by atoms with Crippen molar-refractivity contribution >= 4 is 23.3 Å². The average molecular weight is 260 g/mol. The zero-order valence-electron chi connectivity index (χ0n) is 10.4. The molecule has 0 saturated heterocycles. The lowest BCUT2D eigenvalue weighted by atomic mass is 10.1. The number of nitrogens with zero attached hydrogens (tertiary/aromatic N) is 1. The van der Waals surface area contributed by atoms with Gasteiger partial charge in [0.05, 0.1) is 0 Å². The molecule has 0 bridgehead atoms. The second-order valence-electron chi connectivity index (χ2n) is 4.59. The Kier molecular flexibility index (Phi) is 4.16. The molecule has 1 fully saturated rings. The predicted molar refractivity (Wildman–Crippen MR) is 73.0 cm³/mol. The molecule has 0 radical (unpaired) electrons. The van der Waals surface area contributed by atoms with Crippen LogP contribution >= 0.6 is 11.3 Å². The first-order chi connectivity index (χ1) is 8.70. The fraction of sp³-hybridized carbons (Fsp3) is 0.429. The van der Waals surface area contributed by atoms with Crippen LogP contribution in [0.3, 0.4) is 0 Å². The molecule has 3 nitrogen and oxygen atoms in total. The molecule has 94 valence electrons. The van der Waals surface area contributed by atoms with Crippen molar-refractivity contribution in [2.75, 3.05) is 0 Å². The largest absolute Gasteiger partial charge is 0.349 e. The highest BCUT2D eigenvalue weighted by Crippen LogP contribution is 2.20. The lowest BCUT2D eigenvalue weighted by Crippen LogP contribution is -2.33. The summed E-state index contributed by atoms with van der Waals surface area (Å²) in [5, 5.41) is 14.0. The van der Waals surface area contributed by atoms with Crippen molar-refractivity contribution < 1.29 is 4.79 Å². The molecule has 0 aromatic carbocycles. The van der Waals surface area contributed by atoms with Crippen LogP contribution in [0.5, 0.6) is 0 Å². The first-order valence-corrected chi connectivity index (χ1v) is 7.05. The number of rotatable bonds is 3. The maximum atomic E-state index is 12.0. The summed E-state index contributed by atoms with van der Waals surface area (Å²) in [5.74, 6) is -0.239.